The van der Waals surface area contributed by atoms with Crippen molar-refractivity contribution in [1.29, 1.82) is 0 Å². The molecule has 4 rings (SSSR count). The van der Waals surface area contributed by atoms with Crippen LogP contribution in [-0.4, -0.2) is 10.9 Å². The number of amides is 1. The molecular formula is C26H25ClN2O2. The normalized spacial score (nSPS) is 12.1. The molecule has 31 heavy (non-hydrogen) atoms. The van der Waals surface area contributed by atoms with Crippen molar-refractivity contribution in [3.63, 3.8) is 0 Å². The molecule has 0 saturated carbocycles. The van der Waals surface area contributed by atoms with Crippen LogP contribution in [0.5, 0.6) is 0 Å². The van der Waals surface area contributed by atoms with Crippen LogP contribution in [0, 0.1) is 0 Å². The molecule has 0 aliphatic rings. The number of aromatic nitrogens is 1. The summed E-state index contributed by atoms with van der Waals surface area (Å²) in [5.74, 6) is 0.751. The van der Waals surface area contributed by atoms with Gasteiger partial charge in [0.1, 0.15) is 5.52 Å². The van der Waals surface area contributed by atoms with Crippen molar-refractivity contribution in [3.8, 4) is 11.5 Å². The highest BCUT2D eigenvalue weighted by Crippen LogP contribution is 2.32. The summed E-state index contributed by atoms with van der Waals surface area (Å²) in [7, 11) is 0. The van der Waals surface area contributed by atoms with Crippen molar-refractivity contribution in [3.05, 3.63) is 82.4 Å². The third-order valence-electron chi connectivity index (χ3n) is 5.68. The van der Waals surface area contributed by atoms with Crippen molar-refractivity contribution < 1.29 is 9.21 Å². The maximum absolute atomic E-state index is 12.7. The lowest BCUT2D eigenvalue weighted by atomic mass is 9.98. The second-order valence-corrected chi connectivity index (χ2v) is 8.16. The molecular weight excluding hydrogens is 408 g/mol. The van der Waals surface area contributed by atoms with Crippen LogP contribution in [0.4, 0.5) is 5.69 Å². The van der Waals surface area contributed by atoms with Crippen LogP contribution >= 0.6 is 11.6 Å². The molecule has 1 aromatic heterocycles. The molecule has 1 unspecified atom stereocenters. The van der Waals surface area contributed by atoms with Crippen molar-refractivity contribution in [1.82, 2.24) is 4.98 Å². The fourth-order valence-corrected chi connectivity index (χ4v) is 3.62. The van der Waals surface area contributed by atoms with Crippen molar-refractivity contribution in [2.24, 2.45) is 0 Å². The minimum Gasteiger partial charge on any atom is -0.436 e. The summed E-state index contributed by atoms with van der Waals surface area (Å²) in [5.41, 5.74) is 5.84. The van der Waals surface area contributed by atoms with Gasteiger partial charge in [-0.1, -0.05) is 50.6 Å². The molecule has 1 heterocycles. The zero-order valence-electron chi connectivity index (χ0n) is 17.9. The summed E-state index contributed by atoms with van der Waals surface area (Å²) in [4.78, 5) is 17.3. The van der Waals surface area contributed by atoms with E-state index < -0.39 is 0 Å². The molecule has 0 aliphatic heterocycles. The number of benzene rings is 3. The van der Waals surface area contributed by atoms with Crippen LogP contribution in [0.2, 0.25) is 5.02 Å². The Morgan fingerprint density at radius 3 is 2.55 bits per heavy atom. The maximum atomic E-state index is 12.7. The molecule has 1 atom stereocenters. The topological polar surface area (TPSA) is 55.1 Å². The minimum absolute atomic E-state index is 0.211. The highest BCUT2D eigenvalue weighted by atomic mass is 35.5. The lowest BCUT2D eigenvalue weighted by Crippen LogP contribution is -2.12. The predicted octanol–water partition coefficient (Wildman–Crippen LogP) is 7.48. The van der Waals surface area contributed by atoms with Crippen molar-refractivity contribution >= 4 is 34.3 Å². The molecule has 0 fully saturated rings. The highest BCUT2D eigenvalue weighted by molar-refractivity contribution is 6.34. The Hall–Kier alpha value is -3.11. The van der Waals surface area contributed by atoms with E-state index in [4.69, 9.17) is 16.0 Å². The second kappa shape index (κ2) is 8.94. The zero-order valence-corrected chi connectivity index (χ0v) is 18.7. The Morgan fingerprint density at radius 1 is 1.06 bits per heavy atom. The highest BCUT2D eigenvalue weighted by Gasteiger charge is 2.14. The monoisotopic (exact) mass is 432 g/mol. The Bertz CT molecular complexity index is 1230. The van der Waals surface area contributed by atoms with Crippen molar-refractivity contribution in [2.75, 3.05) is 5.32 Å². The van der Waals surface area contributed by atoms with Gasteiger partial charge in [-0.25, -0.2) is 4.98 Å². The number of hydrogen-bond acceptors (Lipinski definition) is 3. The molecule has 5 heteroatoms. The summed E-state index contributed by atoms with van der Waals surface area (Å²) >= 11 is 6.35. The van der Waals surface area contributed by atoms with E-state index in [1.54, 1.807) is 12.1 Å². The van der Waals surface area contributed by atoms with Crippen LogP contribution in [-0.2, 0) is 6.42 Å². The smallest absolute Gasteiger partial charge is 0.255 e. The number of oxazole rings is 1. The Morgan fingerprint density at radius 2 is 1.84 bits per heavy atom. The van der Waals surface area contributed by atoms with Gasteiger partial charge in [-0.3, -0.25) is 4.79 Å². The number of fused-ring (bicyclic) bond motifs is 1. The molecule has 0 spiro atoms. The van der Waals surface area contributed by atoms with Gasteiger partial charge in [-0.2, -0.15) is 0 Å². The van der Waals surface area contributed by atoms with Crippen molar-refractivity contribution in [2.45, 2.75) is 39.5 Å². The number of nitrogens with zero attached hydrogens (tertiary/aromatic N) is 1. The van der Waals surface area contributed by atoms with Crippen LogP contribution in [0.1, 0.15) is 54.6 Å². The number of hydrogen-bond donors (Lipinski definition) is 1. The number of carbonyl (C=O) groups excluding carboxylic acids is 1. The van der Waals surface area contributed by atoms with E-state index in [2.05, 4.69) is 43.2 Å². The average molecular weight is 433 g/mol. The summed E-state index contributed by atoms with van der Waals surface area (Å²) in [6.45, 7) is 6.45. The SMILES string of the molecule is CCc1ccc(C(=O)Nc2cc(-c3nc4cc(C(C)CC)ccc4o3)ccc2Cl)cc1. The fraction of sp³-hybridized carbons (Fsp3) is 0.231. The van der Waals surface area contributed by atoms with Gasteiger partial charge in [0.15, 0.2) is 5.58 Å². The summed E-state index contributed by atoms with van der Waals surface area (Å²) in [6, 6.07) is 19.1. The maximum Gasteiger partial charge on any atom is 0.255 e. The predicted molar refractivity (Wildman–Crippen MR) is 127 cm³/mol. The largest absolute Gasteiger partial charge is 0.436 e. The molecule has 0 bridgehead atoms. The van der Waals surface area contributed by atoms with Gasteiger partial charge < -0.3 is 9.73 Å². The number of nitrogens with one attached hydrogen (secondary N) is 1. The molecule has 0 aliphatic carbocycles. The third-order valence-corrected chi connectivity index (χ3v) is 6.01. The van der Waals surface area contributed by atoms with E-state index in [1.807, 2.05) is 36.4 Å². The molecule has 3 aromatic carbocycles. The minimum atomic E-state index is -0.211. The standard InChI is InChI=1S/C26H25ClN2O2/c1-4-16(3)19-11-13-24-23(14-19)29-26(31-24)20-10-12-21(27)22(15-20)28-25(30)18-8-6-17(5-2)7-9-18/h6-16H,4-5H2,1-3H3,(H,28,30). The summed E-state index contributed by atoms with van der Waals surface area (Å²) in [6.07, 6.45) is 2.00. The van der Waals surface area contributed by atoms with Crippen LogP contribution in [0.25, 0.3) is 22.6 Å². The first-order chi connectivity index (χ1) is 15.0. The van der Waals surface area contributed by atoms with Gasteiger partial charge in [-0.15, -0.1) is 0 Å². The molecule has 1 amide bonds. The first kappa shape index (κ1) is 21.1. The summed E-state index contributed by atoms with van der Waals surface area (Å²) in [5, 5.41) is 3.36. The lowest BCUT2D eigenvalue weighted by Gasteiger charge is -2.09. The molecule has 4 nitrogen and oxygen atoms in total. The number of anilines is 1. The van der Waals surface area contributed by atoms with Crippen LogP contribution < -0.4 is 5.32 Å². The zero-order chi connectivity index (χ0) is 22.0. The van der Waals surface area contributed by atoms with Gasteiger partial charge >= 0.3 is 0 Å². The number of halogens is 1. The average Bonchev–Trinajstić information content (AvgIpc) is 3.23. The fourth-order valence-electron chi connectivity index (χ4n) is 3.45. The van der Waals surface area contributed by atoms with Gasteiger partial charge in [0.2, 0.25) is 5.89 Å². The second-order valence-electron chi connectivity index (χ2n) is 7.75. The van der Waals surface area contributed by atoms with E-state index in [0.29, 0.717) is 28.1 Å². The van der Waals surface area contributed by atoms with Gasteiger partial charge in [-0.05, 0) is 72.4 Å². The Labute approximate surface area is 187 Å². The molecule has 1 N–H and O–H groups in total. The van der Waals surface area contributed by atoms with E-state index in [9.17, 15) is 4.79 Å². The van der Waals surface area contributed by atoms with E-state index in [-0.39, 0.29) is 5.91 Å². The number of aryl methyl sites for hydroxylation is 1. The first-order valence-electron chi connectivity index (χ1n) is 10.6. The quantitative estimate of drug-likeness (QED) is 0.343. The van der Waals surface area contributed by atoms with Gasteiger partial charge in [0.05, 0.1) is 10.7 Å². The molecule has 0 saturated heterocycles. The third kappa shape index (κ3) is 4.49. The Kier molecular flexibility index (Phi) is 6.10. The first-order valence-corrected chi connectivity index (χ1v) is 11.0. The molecule has 158 valence electrons. The number of carbonyl (C=O) groups is 1. The van der Waals surface area contributed by atoms with E-state index >= 15 is 0 Å². The summed E-state index contributed by atoms with van der Waals surface area (Å²) < 4.78 is 5.97. The molecule has 4 aromatic rings. The van der Waals surface area contributed by atoms with Crippen LogP contribution in [0.15, 0.2) is 65.1 Å². The van der Waals surface area contributed by atoms with Gasteiger partial charge in [0.25, 0.3) is 5.91 Å². The van der Waals surface area contributed by atoms with E-state index in [1.165, 1.54) is 11.1 Å². The molecule has 0 radical (unpaired) electrons. The Balaban J connectivity index is 1.61. The van der Waals surface area contributed by atoms with Crippen LogP contribution in [0.3, 0.4) is 0 Å². The lowest BCUT2D eigenvalue weighted by molar-refractivity contribution is 0.102. The number of rotatable bonds is 6. The van der Waals surface area contributed by atoms with Gasteiger partial charge in [0, 0.05) is 11.1 Å². The van der Waals surface area contributed by atoms with E-state index in [0.717, 1.165) is 29.5 Å².